The largest absolute Gasteiger partial charge is 0.497 e. The highest BCUT2D eigenvalue weighted by Gasteiger charge is 2.23. The molecule has 0 spiro atoms. The van der Waals surface area contributed by atoms with E-state index in [1.807, 2.05) is 36.4 Å². The molecule has 2 aromatic carbocycles. The molecule has 0 saturated carbocycles. The number of methoxy groups -OCH3 is 1. The van der Waals surface area contributed by atoms with E-state index < -0.39 is 6.04 Å². The number of aryl methyl sites for hydroxylation is 1. The minimum absolute atomic E-state index is 0.113. The SMILES string of the molecule is CCCCc1ccc2nc(-c3ccc(OC)cc3)cc(C(=O)NC(CCCC)C(=O)NCCCN3CCN(C)CC3)c2c1. The number of fused-ring (bicyclic) bond motifs is 1. The van der Waals surface area contributed by atoms with Crippen LogP contribution in [0.15, 0.2) is 48.5 Å². The number of piperazine rings is 1. The number of hydrogen-bond donors (Lipinski definition) is 2. The second-order valence-electron chi connectivity index (χ2n) is 11.7. The summed E-state index contributed by atoms with van der Waals surface area (Å²) >= 11 is 0. The minimum atomic E-state index is -0.591. The maximum Gasteiger partial charge on any atom is 0.252 e. The summed E-state index contributed by atoms with van der Waals surface area (Å²) in [5.41, 5.74) is 4.09. The van der Waals surface area contributed by atoms with Crippen LogP contribution in [0.3, 0.4) is 0 Å². The lowest BCUT2D eigenvalue weighted by Gasteiger charge is -2.32. The predicted molar refractivity (Wildman–Crippen MR) is 175 cm³/mol. The van der Waals surface area contributed by atoms with Gasteiger partial charge in [-0.2, -0.15) is 0 Å². The molecule has 0 bridgehead atoms. The van der Waals surface area contributed by atoms with E-state index in [4.69, 9.17) is 9.72 Å². The molecule has 232 valence electrons. The number of unbranched alkanes of at least 4 members (excludes halogenated alkanes) is 2. The number of rotatable bonds is 15. The van der Waals surface area contributed by atoms with Crippen LogP contribution in [-0.4, -0.2) is 86.1 Å². The van der Waals surface area contributed by atoms with Gasteiger partial charge in [-0.15, -0.1) is 0 Å². The maximum atomic E-state index is 14.0. The van der Waals surface area contributed by atoms with Gasteiger partial charge in [-0.25, -0.2) is 4.98 Å². The smallest absolute Gasteiger partial charge is 0.252 e. The molecule has 1 saturated heterocycles. The summed E-state index contributed by atoms with van der Waals surface area (Å²) in [6.07, 6.45) is 6.43. The minimum Gasteiger partial charge on any atom is -0.497 e. The van der Waals surface area contributed by atoms with Crippen molar-refractivity contribution >= 4 is 22.7 Å². The number of ether oxygens (including phenoxy) is 1. The number of aromatic nitrogens is 1. The summed E-state index contributed by atoms with van der Waals surface area (Å²) in [5, 5.41) is 7.01. The Morgan fingerprint density at radius 2 is 1.70 bits per heavy atom. The van der Waals surface area contributed by atoms with Crippen LogP contribution >= 0.6 is 0 Å². The highest BCUT2D eigenvalue weighted by atomic mass is 16.5. The highest BCUT2D eigenvalue weighted by molar-refractivity contribution is 6.08. The molecule has 0 radical (unpaired) electrons. The maximum absolute atomic E-state index is 14.0. The lowest BCUT2D eigenvalue weighted by atomic mass is 9.99. The fraction of sp³-hybridized carbons (Fsp3) is 0.514. The quantitative estimate of drug-likeness (QED) is 0.235. The molecule has 8 nitrogen and oxygen atoms in total. The highest BCUT2D eigenvalue weighted by Crippen LogP contribution is 2.28. The average Bonchev–Trinajstić information content (AvgIpc) is 3.04. The van der Waals surface area contributed by atoms with Gasteiger partial charge >= 0.3 is 0 Å². The first-order valence-electron chi connectivity index (χ1n) is 16.0. The molecular weight excluding hydrogens is 538 g/mol. The Hall–Kier alpha value is -3.49. The monoisotopic (exact) mass is 587 g/mol. The molecule has 1 unspecified atom stereocenters. The van der Waals surface area contributed by atoms with Crippen molar-refractivity contribution in [2.24, 2.45) is 0 Å². The van der Waals surface area contributed by atoms with Gasteiger partial charge in [-0.05, 0) is 87.3 Å². The van der Waals surface area contributed by atoms with Gasteiger partial charge in [0.05, 0.1) is 23.9 Å². The lowest BCUT2D eigenvalue weighted by Crippen LogP contribution is -2.48. The first-order valence-corrected chi connectivity index (χ1v) is 16.0. The van der Waals surface area contributed by atoms with Crippen LogP contribution in [0.25, 0.3) is 22.2 Å². The molecule has 4 rings (SSSR count). The Morgan fingerprint density at radius 1 is 0.953 bits per heavy atom. The molecule has 2 N–H and O–H groups in total. The Balaban J connectivity index is 1.53. The van der Waals surface area contributed by atoms with Crippen molar-refractivity contribution in [3.05, 3.63) is 59.7 Å². The molecule has 3 aromatic rings. The Labute approximate surface area is 257 Å². The zero-order valence-electron chi connectivity index (χ0n) is 26.5. The van der Waals surface area contributed by atoms with Crippen LogP contribution in [-0.2, 0) is 11.2 Å². The van der Waals surface area contributed by atoms with E-state index in [0.717, 1.165) is 93.5 Å². The number of pyridine rings is 1. The fourth-order valence-electron chi connectivity index (χ4n) is 5.53. The van der Waals surface area contributed by atoms with E-state index in [0.29, 0.717) is 24.2 Å². The van der Waals surface area contributed by atoms with Crippen LogP contribution in [0.4, 0.5) is 0 Å². The molecule has 1 aromatic heterocycles. The number of nitrogens with zero attached hydrogens (tertiary/aromatic N) is 3. The van der Waals surface area contributed by atoms with Crippen LogP contribution in [0, 0.1) is 0 Å². The van der Waals surface area contributed by atoms with Gasteiger partial charge in [0.15, 0.2) is 0 Å². The summed E-state index contributed by atoms with van der Waals surface area (Å²) < 4.78 is 5.32. The standard InChI is InChI=1S/C35H49N5O3/c1-5-7-10-26-12-17-31-29(24-26)30(25-33(37-31)27-13-15-28(43-4)16-14-27)34(41)38-32(11-8-6-2)35(42)36-18-9-19-40-22-20-39(3)21-23-40/h12-17,24-25,32H,5-11,18-23H2,1-4H3,(H,36,42)(H,38,41). The molecule has 43 heavy (non-hydrogen) atoms. The number of nitrogens with one attached hydrogen (secondary N) is 2. The molecule has 2 heterocycles. The summed E-state index contributed by atoms with van der Waals surface area (Å²) in [7, 11) is 3.79. The van der Waals surface area contributed by atoms with E-state index in [1.54, 1.807) is 7.11 Å². The van der Waals surface area contributed by atoms with Crippen molar-refractivity contribution in [3.63, 3.8) is 0 Å². The Kier molecular flexibility index (Phi) is 12.4. The number of carbonyl (C=O) groups is 2. The molecule has 8 heteroatoms. The summed E-state index contributed by atoms with van der Waals surface area (Å²) in [6.45, 7) is 10.2. The van der Waals surface area contributed by atoms with Crippen molar-refractivity contribution in [1.82, 2.24) is 25.4 Å². The van der Waals surface area contributed by atoms with Gasteiger partial charge in [0.2, 0.25) is 5.91 Å². The Bertz CT molecular complexity index is 1340. The van der Waals surface area contributed by atoms with Crippen molar-refractivity contribution in [3.8, 4) is 17.0 Å². The first-order chi connectivity index (χ1) is 20.9. The molecule has 1 aliphatic rings. The van der Waals surface area contributed by atoms with Crippen molar-refractivity contribution in [1.29, 1.82) is 0 Å². The van der Waals surface area contributed by atoms with Crippen molar-refractivity contribution in [2.45, 2.75) is 64.8 Å². The van der Waals surface area contributed by atoms with Gasteiger partial charge < -0.3 is 25.2 Å². The lowest BCUT2D eigenvalue weighted by molar-refractivity contribution is -0.123. The van der Waals surface area contributed by atoms with E-state index >= 15 is 0 Å². The normalized spacial score (nSPS) is 14.9. The van der Waals surface area contributed by atoms with E-state index in [2.05, 4.69) is 53.5 Å². The second-order valence-corrected chi connectivity index (χ2v) is 11.7. The van der Waals surface area contributed by atoms with Crippen LogP contribution in [0.1, 0.15) is 68.3 Å². The molecule has 1 atom stereocenters. The zero-order chi connectivity index (χ0) is 30.6. The average molecular weight is 588 g/mol. The second kappa shape index (κ2) is 16.4. The molecule has 0 aliphatic carbocycles. The van der Waals surface area contributed by atoms with Gasteiger partial charge in [0.25, 0.3) is 5.91 Å². The number of likely N-dealkylation sites (N-methyl/N-ethyl adjacent to an activating group) is 1. The first kappa shape index (κ1) is 32.4. The third-order valence-electron chi connectivity index (χ3n) is 8.34. The molecule has 2 amide bonds. The van der Waals surface area contributed by atoms with Crippen molar-refractivity contribution < 1.29 is 14.3 Å². The molecular formula is C35H49N5O3. The summed E-state index contributed by atoms with van der Waals surface area (Å²) in [6, 6.07) is 15.1. The summed E-state index contributed by atoms with van der Waals surface area (Å²) in [5.74, 6) is 0.400. The predicted octanol–water partition coefficient (Wildman–Crippen LogP) is 5.30. The Morgan fingerprint density at radius 3 is 2.40 bits per heavy atom. The van der Waals surface area contributed by atoms with Gasteiger partial charge in [0.1, 0.15) is 11.8 Å². The van der Waals surface area contributed by atoms with Crippen LogP contribution in [0.2, 0.25) is 0 Å². The van der Waals surface area contributed by atoms with Crippen molar-refractivity contribution in [2.75, 3.05) is 53.4 Å². The summed E-state index contributed by atoms with van der Waals surface area (Å²) in [4.78, 5) is 37.0. The topological polar surface area (TPSA) is 86.8 Å². The zero-order valence-corrected chi connectivity index (χ0v) is 26.5. The van der Waals surface area contributed by atoms with E-state index in [-0.39, 0.29) is 11.8 Å². The van der Waals surface area contributed by atoms with Gasteiger partial charge in [-0.1, -0.05) is 39.2 Å². The number of benzene rings is 2. The fourth-order valence-corrected chi connectivity index (χ4v) is 5.53. The van der Waals surface area contributed by atoms with E-state index in [9.17, 15) is 9.59 Å². The molecule has 1 fully saturated rings. The van der Waals surface area contributed by atoms with Crippen LogP contribution < -0.4 is 15.4 Å². The van der Waals surface area contributed by atoms with E-state index in [1.165, 1.54) is 5.56 Å². The van der Waals surface area contributed by atoms with Gasteiger partial charge in [-0.3, -0.25) is 9.59 Å². The third kappa shape index (κ3) is 9.25. The number of hydrogen-bond acceptors (Lipinski definition) is 6. The van der Waals surface area contributed by atoms with Gasteiger partial charge in [0, 0.05) is 43.7 Å². The number of carbonyl (C=O) groups excluding carboxylic acids is 2. The molecule has 1 aliphatic heterocycles. The third-order valence-corrected chi connectivity index (χ3v) is 8.34. The number of amides is 2. The van der Waals surface area contributed by atoms with Crippen LogP contribution in [0.5, 0.6) is 5.75 Å².